The highest BCUT2D eigenvalue weighted by atomic mass is 32.1. The van der Waals surface area contributed by atoms with Crippen LogP contribution in [0.4, 0.5) is 5.82 Å². The molecule has 116 valence electrons. The van der Waals surface area contributed by atoms with Crippen molar-refractivity contribution in [1.29, 1.82) is 0 Å². The highest BCUT2D eigenvalue weighted by Crippen LogP contribution is 2.38. The molecule has 1 aromatic carbocycles. The Morgan fingerprint density at radius 2 is 2.09 bits per heavy atom. The Morgan fingerprint density at radius 1 is 1.22 bits per heavy atom. The van der Waals surface area contributed by atoms with E-state index in [0.717, 1.165) is 29.5 Å². The molecule has 4 rings (SSSR count). The van der Waals surface area contributed by atoms with Gasteiger partial charge < -0.3 is 5.11 Å². The summed E-state index contributed by atoms with van der Waals surface area (Å²) in [5, 5.41) is 10.7. The second-order valence-corrected chi connectivity index (χ2v) is 6.44. The number of fused-ring (bicyclic) bond motifs is 3. The van der Waals surface area contributed by atoms with Crippen LogP contribution < -0.4 is 10.9 Å². The van der Waals surface area contributed by atoms with Gasteiger partial charge in [-0.15, -0.1) is 11.3 Å². The maximum atomic E-state index is 12.2. The molecule has 7 heteroatoms. The number of phenols is 1. The molecule has 0 atom stereocenters. The molecule has 3 aromatic rings. The molecule has 0 aliphatic heterocycles. The number of phenolic OH excluding ortho intramolecular Hbond substituents is 1. The van der Waals surface area contributed by atoms with E-state index >= 15 is 0 Å². The number of hydrogen-bond donors (Lipinski definition) is 3. The first kappa shape index (κ1) is 14.0. The fourth-order valence-corrected chi connectivity index (χ4v) is 4.10. The van der Waals surface area contributed by atoms with Gasteiger partial charge in [0.1, 0.15) is 16.9 Å². The number of nitrogens with zero attached hydrogens (tertiary/aromatic N) is 2. The number of rotatable bonds is 3. The number of thiophene rings is 1. The van der Waals surface area contributed by atoms with E-state index in [1.807, 2.05) is 0 Å². The summed E-state index contributed by atoms with van der Waals surface area (Å²) in [6.45, 7) is 0. The topological polar surface area (TPSA) is 87.1 Å². The summed E-state index contributed by atoms with van der Waals surface area (Å²) in [4.78, 5) is 23.0. The van der Waals surface area contributed by atoms with Crippen LogP contribution in [0.3, 0.4) is 0 Å². The Labute approximate surface area is 136 Å². The highest BCUT2D eigenvalue weighted by Gasteiger charge is 2.21. The molecule has 0 radical (unpaired) electrons. The molecule has 23 heavy (non-hydrogen) atoms. The van der Waals surface area contributed by atoms with Crippen molar-refractivity contribution in [3.8, 4) is 5.75 Å². The normalized spacial score (nSPS) is 13.0. The number of para-hydroxylation sites is 1. The van der Waals surface area contributed by atoms with Crippen molar-refractivity contribution in [2.24, 2.45) is 0 Å². The first-order chi connectivity index (χ1) is 11.2. The molecule has 3 N–H and O–H groups in total. The van der Waals surface area contributed by atoms with Gasteiger partial charge in [-0.3, -0.25) is 15.6 Å². The van der Waals surface area contributed by atoms with Gasteiger partial charge in [-0.2, -0.15) is 0 Å². The summed E-state index contributed by atoms with van der Waals surface area (Å²) in [5.74, 6) is 0.121. The van der Waals surface area contributed by atoms with Crippen molar-refractivity contribution in [3.05, 3.63) is 46.6 Å². The second kappa shape index (κ2) is 5.51. The summed E-state index contributed by atoms with van der Waals surface area (Å²) in [6.07, 6.45) is 4.74. The highest BCUT2D eigenvalue weighted by molar-refractivity contribution is 7.19. The van der Waals surface area contributed by atoms with Gasteiger partial charge in [0.25, 0.3) is 5.91 Å². The van der Waals surface area contributed by atoms with Crippen molar-refractivity contribution >= 4 is 33.3 Å². The maximum absolute atomic E-state index is 12.2. The van der Waals surface area contributed by atoms with Gasteiger partial charge >= 0.3 is 0 Å². The molecule has 0 saturated heterocycles. The first-order valence-electron chi connectivity index (χ1n) is 7.33. The molecule has 0 fully saturated rings. The average Bonchev–Trinajstić information content (AvgIpc) is 3.13. The van der Waals surface area contributed by atoms with Gasteiger partial charge in [0.2, 0.25) is 0 Å². The van der Waals surface area contributed by atoms with E-state index < -0.39 is 5.91 Å². The Bertz CT molecular complexity index is 906. The lowest BCUT2D eigenvalue weighted by Crippen LogP contribution is -2.30. The molecule has 1 aliphatic carbocycles. The van der Waals surface area contributed by atoms with Crippen LogP contribution in [0, 0.1) is 0 Å². The smallest absolute Gasteiger partial charge is 0.273 e. The van der Waals surface area contributed by atoms with Crippen LogP contribution in [0.5, 0.6) is 5.75 Å². The monoisotopic (exact) mass is 326 g/mol. The van der Waals surface area contributed by atoms with Crippen LogP contribution in [0.2, 0.25) is 0 Å². The standard InChI is InChI=1S/C16H14N4O2S/c21-11-6-2-1-4-9(11)15(22)20-19-14-13-10-5-3-7-12(10)23-16(13)18-8-17-14/h1-2,4,6,8,21H,3,5,7H2,(H,20,22)(H,17,18,19). The van der Waals surface area contributed by atoms with Gasteiger partial charge in [-0.25, -0.2) is 9.97 Å². The predicted octanol–water partition coefficient (Wildman–Crippen LogP) is 2.64. The van der Waals surface area contributed by atoms with Crippen LogP contribution in [-0.4, -0.2) is 21.0 Å². The quantitative estimate of drug-likeness (QED) is 0.644. The van der Waals surface area contributed by atoms with Gasteiger partial charge in [0.15, 0.2) is 5.82 Å². The largest absolute Gasteiger partial charge is 0.507 e. The number of benzene rings is 1. The first-order valence-corrected chi connectivity index (χ1v) is 8.15. The van der Waals surface area contributed by atoms with Gasteiger partial charge in [-0.05, 0) is 37.0 Å². The van der Waals surface area contributed by atoms with Crippen LogP contribution in [-0.2, 0) is 12.8 Å². The fourth-order valence-electron chi connectivity index (χ4n) is 2.87. The summed E-state index contributed by atoms with van der Waals surface area (Å²) in [7, 11) is 0. The van der Waals surface area contributed by atoms with Crippen molar-refractivity contribution in [2.45, 2.75) is 19.3 Å². The molecule has 0 bridgehead atoms. The Hall–Kier alpha value is -2.67. The van der Waals surface area contributed by atoms with Gasteiger partial charge in [0, 0.05) is 4.88 Å². The van der Waals surface area contributed by atoms with E-state index in [-0.39, 0.29) is 11.3 Å². The average molecular weight is 326 g/mol. The minimum absolute atomic E-state index is 0.0592. The molecule has 0 saturated carbocycles. The number of carbonyl (C=O) groups is 1. The molecule has 0 spiro atoms. The van der Waals surface area contributed by atoms with Crippen molar-refractivity contribution < 1.29 is 9.90 Å². The lowest BCUT2D eigenvalue weighted by Gasteiger charge is -2.10. The van der Waals surface area contributed by atoms with Crippen LogP contribution in [0.25, 0.3) is 10.2 Å². The number of anilines is 1. The number of aromatic hydroxyl groups is 1. The zero-order valence-electron chi connectivity index (χ0n) is 12.2. The number of hydrogen-bond acceptors (Lipinski definition) is 6. The van der Waals surface area contributed by atoms with Crippen LogP contribution >= 0.6 is 11.3 Å². The molecular weight excluding hydrogens is 312 g/mol. The van der Waals surface area contributed by atoms with E-state index in [9.17, 15) is 9.90 Å². The van der Waals surface area contributed by atoms with Crippen LogP contribution in [0.1, 0.15) is 27.2 Å². The Morgan fingerprint density at radius 3 is 2.96 bits per heavy atom. The van der Waals surface area contributed by atoms with Gasteiger partial charge in [-0.1, -0.05) is 12.1 Å². The number of carbonyl (C=O) groups excluding carboxylic acids is 1. The minimum atomic E-state index is -0.415. The number of aromatic nitrogens is 2. The summed E-state index contributed by atoms with van der Waals surface area (Å²) in [5.41, 5.74) is 6.96. The number of nitrogens with one attached hydrogen (secondary N) is 2. The number of aryl methyl sites for hydroxylation is 2. The van der Waals surface area contributed by atoms with Crippen molar-refractivity contribution in [2.75, 3.05) is 5.43 Å². The van der Waals surface area contributed by atoms with E-state index in [2.05, 4.69) is 20.8 Å². The predicted molar refractivity (Wildman–Crippen MR) is 88.6 cm³/mol. The maximum Gasteiger partial charge on any atom is 0.273 e. The van der Waals surface area contributed by atoms with Crippen molar-refractivity contribution in [3.63, 3.8) is 0 Å². The van der Waals surface area contributed by atoms with E-state index in [4.69, 9.17) is 0 Å². The molecule has 1 amide bonds. The third-order valence-electron chi connectivity index (χ3n) is 3.94. The molecule has 6 nitrogen and oxygen atoms in total. The second-order valence-electron chi connectivity index (χ2n) is 5.36. The molecule has 1 aliphatic rings. The third-order valence-corrected chi connectivity index (χ3v) is 5.14. The van der Waals surface area contributed by atoms with E-state index in [1.54, 1.807) is 29.5 Å². The lowest BCUT2D eigenvalue weighted by atomic mass is 10.2. The van der Waals surface area contributed by atoms with Crippen molar-refractivity contribution in [1.82, 2.24) is 15.4 Å². The molecular formula is C16H14N4O2S. The Balaban J connectivity index is 1.61. The number of amides is 1. The molecule has 2 aromatic heterocycles. The fraction of sp³-hybridized carbons (Fsp3) is 0.188. The SMILES string of the molecule is O=C(NNc1ncnc2sc3c(c12)CCC3)c1ccccc1O. The molecule has 2 heterocycles. The zero-order valence-corrected chi connectivity index (χ0v) is 13.0. The zero-order chi connectivity index (χ0) is 15.8. The third kappa shape index (κ3) is 2.39. The van der Waals surface area contributed by atoms with E-state index in [0.29, 0.717) is 5.82 Å². The van der Waals surface area contributed by atoms with Gasteiger partial charge in [0.05, 0.1) is 10.9 Å². The van der Waals surface area contributed by atoms with E-state index in [1.165, 1.54) is 22.8 Å². The lowest BCUT2D eigenvalue weighted by molar-refractivity contribution is 0.0960. The van der Waals surface area contributed by atoms with Crippen LogP contribution in [0.15, 0.2) is 30.6 Å². The summed E-state index contributed by atoms with van der Waals surface area (Å²) in [6, 6.07) is 6.40. The molecule has 0 unspecified atom stereocenters. The number of hydrazine groups is 1. The minimum Gasteiger partial charge on any atom is -0.507 e. The Kier molecular flexibility index (Phi) is 3.34. The summed E-state index contributed by atoms with van der Waals surface area (Å²) >= 11 is 1.69. The summed E-state index contributed by atoms with van der Waals surface area (Å²) < 4.78 is 0.